The van der Waals surface area contributed by atoms with Gasteiger partial charge in [-0.2, -0.15) is 4.31 Å². The molecule has 2 aromatic carbocycles. The topological polar surface area (TPSA) is 83.4 Å². The summed E-state index contributed by atoms with van der Waals surface area (Å²) in [5.41, 5.74) is 1.58. The van der Waals surface area contributed by atoms with Crippen LogP contribution in [-0.4, -0.2) is 24.8 Å². The average molecular weight is 318 g/mol. The number of sulfonamides is 1. The largest absolute Gasteiger partial charge is 0.417 e. The van der Waals surface area contributed by atoms with Gasteiger partial charge >= 0.3 is 5.76 Å². The van der Waals surface area contributed by atoms with Gasteiger partial charge in [0.05, 0.1) is 10.4 Å². The van der Waals surface area contributed by atoms with Crippen molar-refractivity contribution in [3.63, 3.8) is 0 Å². The lowest BCUT2D eigenvalue weighted by Gasteiger charge is -2.17. The summed E-state index contributed by atoms with van der Waals surface area (Å²) in [7, 11) is -2.13. The molecule has 1 N–H and O–H groups in total. The second kappa shape index (κ2) is 5.43. The highest BCUT2D eigenvalue weighted by Crippen LogP contribution is 2.20. The van der Waals surface area contributed by atoms with Gasteiger partial charge in [-0.05, 0) is 23.8 Å². The van der Waals surface area contributed by atoms with Crippen LogP contribution in [0.5, 0.6) is 0 Å². The van der Waals surface area contributed by atoms with Crippen LogP contribution in [0.4, 0.5) is 0 Å². The van der Waals surface area contributed by atoms with Crippen molar-refractivity contribution in [1.82, 2.24) is 9.29 Å². The second-order valence-corrected chi connectivity index (χ2v) is 6.96. The number of rotatable bonds is 4. The first-order chi connectivity index (χ1) is 10.5. The summed E-state index contributed by atoms with van der Waals surface area (Å²) >= 11 is 0. The SMILES string of the molecule is CN(Cc1ccccc1)S(=O)(=O)c1ccc2oc(=O)[nH]c2c1. The number of benzene rings is 2. The second-order valence-electron chi connectivity index (χ2n) is 4.92. The third kappa shape index (κ3) is 2.68. The zero-order valence-corrected chi connectivity index (χ0v) is 12.6. The zero-order valence-electron chi connectivity index (χ0n) is 11.8. The zero-order chi connectivity index (χ0) is 15.7. The molecule has 0 aliphatic heterocycles. The van der Waals surface area contributed by atoms with E-state index in [2.05, 4.69) is 4.98 Å². The molecule has 0 aliphatic rings. The summed E-state index contributed by atoms with van der Waals surface area (Å²) in [6.07, 6.45) is 0. The number of nitrogens with zero attached hydrogens (tertiary/aromatic N) is 1. The quantitative estimate of drug-likeness (QED) is 0.797. The van der Waals surface area contributed by atoms with Gasteiger partial charge in [0.1, 0.15) is 0 Å². The van der Waals surface area contributed by atoms with E-state index in [-0.39, 0.29) is 11.4 Å². The maximum Gasteiger partial charge on any atom is 0.417 e. The van der Waals surface area contributed by atoms with E-state index in [9.17, 15) is 13.2 Å². The van der Waals surface area contributed by atoms with Gasteiger partial charge < -0.3 is 4.42 Å². The first kappa shape index (κ1) is 14.6. The molecule has 0 radical (unpaired) electrons. The van der Waals surface area contributed by atoms with E-state index in [1.807, 2.05) is 30.3 Å². The molecule has 0 atom stereocenters. The molecule has 1 heterocycles. The molecular formula is C15H14N2O4S. The molecule has 3 rings (SSSR count). The molecule has 114 valence electrons. The van der Waals surface area contributed by atoms with Crippen LogP contribution < -0.4 is 5.76 Å². The molecule has 1 aromatic heterocycles. The summed E-state index contributed by atoms with van der Waals surface area (Å²) in [5.74, 6) is -0.609. The predicted octanol–water partition coefficient (Wildman–Crippen LogP) is 1.94. The summed E-state index contributed by atoms with van der Waals surface area (Å²) in [6.45, 7) is 0.267. The Morgan fingerprint density at radius 1 is 1.14 bits per heavy atom. The Bertz CT molecular complexity index is 958. The van der Waals surface area contributed by atoms with Gasteiger partial charge in [-0.15, -0.1) is 0 Å². The molecule has 7 heteroatoms. The Kier molecular flexibility index (Phi) is 3.59. The molecule has 6 nitrogen and oxygen atoms in total. The van der Waals surface area contributed by atoms with Gasteiger partial charge in [-0.3, -0.25) is 4.98 Å². The summed E-state index contributed by atoms with van der Waals surface area (Å²) < 4.78 is 31.3. The number of H-pyrrole nitrogens is 1. The van der Waals surface area contributed by atoms with E-state index in [1.54, 1.807) is 0 Å². The third-order valence-electron chi connectivity index (χ3n) is 3.35. The van der Waals surface area contributed by atoms with Crippen LogP contribution in [0.15, 0.2) is 62.6 Å². The lowest BCUT2D eigenvalue weighted by molar-refractivity contribution is 0.467. The highest BCUT2D eigenvalue weighted by molar-refractivity contribution is 7.89. The molecule has 0 aliphatic carbocycles. The molecule has 0 unspecified atom stereocenters. The van der Waals surface area contributed by atoms with Gasteiger partial charge in [-0.1, -0.05) is 30.3 Å². The van der Waals surface area contributed by atoms with Crippen molar-refractivity contribution in [1.29, 1.82) is 0 Å². The number of aromatic nitrogens is 1. The van der Waals surface area contributed by atoms with Crippen molar-refractivity contribution in [2.75, 3.05) is 7.05 Å². The molecule has 0 spiro atoms. The minimum absolute atomic E-state index is 0.107. The Morgan fingerprint density at radius 3 is 2.59 bits per heavy atom. The normalized spacial score (nSPS) is 12.1. The number of oxazole rings is 1. The molecule has 0 amide bonds. The van der Waals surface area contributed by atoms with Crippen molar-refractivity contribution >= 4 is 21.1 Å². The van der Waals surface area contributed by atoms with E-state index in [0.717, 1.165) is 5.56 Å². The number of hydrogen-bond acceptors (Lipinski definition) is 4. The van der Waals surface area contributed by atoms with Crippen molar-refractivity contribution in [2.45, 2.75) is 11.4 Å². The van der Waals surface area contributed by atoms with E-state index in [1.165, 1.54) is 29.6 Å². The van der Waals surface area contributed by atoms with Crippen molar-refractivity contribution in [3.05, 3.63) is 64.6 Å². The van der Waals surface area contributed by atoms with Crippen LogP contribution in [0.2, 0.25) is 0 Å². The lowest BCUT2D eigenvalue weighted by atomic mass is 10.2. The van der Waals surface area contributed by atoms with Crippen LogP contribution in [0, 0.1) is 0 Å². The van der Waals surface area contributed by atoms with Crippen molar-refractivity contribution < 1.29 is 12.8 Å². The molecule has 0 saturated carbocycles. The highest BCUT2D eigenvalue weighted by atomic mass is 32.2. The van der Waals surface area contributed by atoms with E-state index >= 15 is 0 Å². The van der Waals surface area contributed by atoms with Crippen LogP contribution in [-0.2, 0) is 16.6 Å². The maximum atomic E-state index is 12.6. The van der Waals surface area contributed by atoms with E-state index in [4.69, 9.17) is 4.42 Å². The predicted molar refractivity (Wildman–Crippen MR) is 81.9 cm³/mol. The van der Waals surface area contributed by atoms with Crippen LogP contribution in [0.3, 0.4) is 0 Å². The Balaban J connectivity index is 1.94. The molecule has 3 aromatic rings. The molecule has 0 fully saturated rings. The smallest absolute Gasteiger partial charge is 0.408 e. The number of hydrogen-bond donors (Lipinski definition) is 1. The van der Waals surface area contributed by atoms with E-state index in [0.29, 0.717) is 11.1 Å². The fraction of sp³-hybridized carbons (Fsp3) is 0.133. The van der Waals surface area contributed by atoms with Gasteiger partial charge in [-0.25, -0.2) is 13.2 Å². The first-order valence-electron chi connectivity index (χ1n) is 6.60. The average Bonchev–Trinajstić information content (AvgIpc) is 2.87. The Hall–Kier alpha value is -2.38. The third-order valence-corrected chi connectivity index (χ3v) is 5.15. The van der Waals surface area contributed by atoms with Gasteiger partial charge in [0.2, 0.25) is 10.0 Å². The van der Waals surface area contributed by atoms with Gasteiger partial charge in [0.15, 0.2) is 5.58 Å². The highest BCUT2D eigenvalue weighted by Gasteiger charge is 2.21. The first-order valence-corrected chi connectivity index (χ1v) is 8.04. The summed E-state index contributed by atoms with van der Waals surface area (Å²) in [6, 6.07) is 13.6. The minimum atomic E-state index is -3.65. The van der Waals surface area contributed by atoms with Crippen LogP contribution in [0.1, 0.15) is 5.56 Å². The number of fused-ring (bicyclic) bond motifs is 1. The van der Waals surface area contributed by atoms with Crippen LogP contribution in [0.25, 0.3) is 11.1 Å². The molecule has 22 heavy (non-hydrogen) atoms. The fourth-order valence-corrected chi connectivity index (χ4v) is 3.38. The minimum Gasteiger partial charge on any atom is -0.408 e. The summed E-state index contributed by atoms with van der Waals surface area (Å²) in [5, 5.41) is 0. The number of aromatic amines is 1. The van der Waals surface area contributed by atoms with Crippen molar-refractivity contribution in [2.24, 2.45) is 0 Å². The lowest BCUT2D eigenvalue weighted by Crippen LogP contribution is -2.26. The maximum absolute atomic E-state index is 12.6. The number of nitrogens with one attached hydrogen (secondary N) is 1. The van der Waals surface area contributed by atoms with Crippen molar-refractivity contribution in [3.8, 4) is 0 Å². The standard InChI is InChI=1S/C15H14N2O4S/c1-17(10-11-5-3-2-4-6-11)22(19,20)12-7-8-14-13(9-12)16-15(18)21-14/h2-9H,10H2,1H3,(H,16,18). The van der Waals surface area contributed by atoms with Gasteiger partial charge in [0, 0.05) is 13.6 Å². The Morgan fingerprint density at radius 2 is 1.86 bits per heavy atom. The monoisotopic (exact) mass is 318 g/mol. The van der Waals surface area contributed by atoms with Crippen LogP contribution >= 0.6 is 0 Å². The molecular weight excluding hydrogens is 304 g/mol. The molecule has 0 saturated heterocycles. The fourth-order valence-electron chi connectivity index (χ4n) is 2.20. The van der Waals surface area contributed by atoms with E-state index < -0.39 is 15.8 Å². The summed E-state index contributed by atoms with van der Waals surface area (Å²) in [4.78, 5) is 13.7. The van der Waals surface area contributed by atoms with Gasteiger partial charge in [0.25, 0.3) is 0 Å². The molecule has 0 bridgehead atoms. The Labute approximate surface area is 127 Å².